The number of nitrogens with zero attached hydrogens (tertiary/aromatic N) is 2. The lowest BCUT2D eigenvalue weighted by atomic mass is 9.70. The third-order valence-electron chi connectivity index (χ3n) is 4.89. The molecule has 0 spiro atoms. The van der Waals surface area contributed by atoms with Gasteiger partial charge in [-0.2, -0.15) is 4.98 Å². The number of nitrogens with one attached hydrogen (secondary N) is 1. The third kappa shape index (κ3) is 3.83. The highest BCUT2D eigenvalue weighted by Gasteiger charge is 2.43. The van der Waals surface area contributed by atoms with Crippen molar-refractivity contribution in [2.24, 2.45) is 5.41 Å². The second kappa shape index (κ2) is 6.44. The summed E-state index contributed by atoms with van der Waals surface area (Å²) in [6.07, 6.45) is 5.23. The second-order valence-electron chi connectivity index (χ2n) is 7.06. The lowest BCUT2D eigenvalue weighted by Gasteiger charge is -2.40. The summed E-state index contributed by atoms with van der Waals surface area (Å²) in [4.78, 5) is 4.57. The molecule has 1 aromatic rings. The van der Waals surface area contributed by atoms with E-state index in [1.54, 1.807) is 7.11 Å². The minimum atomic E-state index is -0.367. The monoisotopic (exact) mass is 295 g/mol. The first-order chi connectivity index (χ1) is 9.91. The van der Waals surface area contributed by atoms with Crippen LogP contribution in [0.2, 0.25) is 0 Å². The molecular formula is C16H29N3O2. The van der Waals surface area contributed by atoms with Crippen molar-refractivity contribution in [1.82, 2.24) is 15.5 Å². The predicted molar refractivity (Wildman–Crippen MR) is 81.8 cm³/mol. The van der Waals surface area contributed by atoms with Crippen LogP contribution in [0.1, 0.15) is 71.5 Å². The van der Waals surface area contributed by atoms with E-state index in [-0.39, 0.29) is 5.60 Å². The summed E-state index contributed by atoms with van der Waals surface area (Å²) in [5.41, 5.74) is 0.0142. The average molecular weight is 295 g/mol. The zero-order valence-corrected chi connectivity index (χ0v) is 14.0. The molecule has 0 amide bonds. The number of hydrogen-bond acceptors (Lipinski definition) is 5. The van der Waals surface area contributed by atoms with Crippen LogP contribution in [0.5, 0.6) is 0 Å². The van der Waals surface area contributed by atoms with E-state index in [9.17, 15) is 0 Å². The molecule has 120 valence electrons. The van der Waals surface area contributed by atoms with Crippen LogP contribution >= 0.6 is 0 Å². The molecule has 5 nitrogen and oxygen atoms in total. The van der Waals surface area contributed by atoms with E-state index in [0.29, 0.717) is 29.7 Å². The number of aromatic nitrogens is 2. The van der Waals surface area contributed by atoms with Crippen LogP contribution in [0.15, 0.2) is 4.52 Å². The van der Waals surface area contributed by atoms with Crippen LogP contribution < -0.4 is 5.32 Å². The third-order valence-corrected chi connectivity index (χ3v) is 4.89. The van der Waals surface area contributed by atoms with Crippen LogP contribution in [-0.2, 0) is 16.9 Å². The van der Waals surface area contributed by atoms with Gasteiger partial charge in [-0.3, -0.25) is 0 Å². The number of hydrogen-bond donors (Lipinski definition) is 1. The molecule has 1 aliphatic carbocycles. The normalized spacial score (nSPS) is 22.1. The van der Waals surface area contributed by atoms with Crippen LogP contribution in [0.4, 0.5) is 0 Å². The zero-order chi connectivity index (χ0) is 15.5. The Morgan fingerprint density at radius 1 is 1.29 bits per heavy atom. The van der Waals surface area contributed by atoms with Gasteiger partial charge in [-0.15, -0.1) is 0 Å². The summed E-state index contributed by atoms with van der Waals surface area (Å²) in [7, 11) is 1.76. The Balaban J connectivity index is 2.04. The molecular weight excluding hydrogens is 266 g/mol. The Morgan fingerprint density at radius 3 is 2.52 bits per heavy atom. The van der Waals surface area contributed by atoms with E-state index in [4.69, 9.17) is 9.26 Å². The first kappa shape index (κ1) is 16.4. The summed E-state index contributed by atoms with van der Waals surface area (Å²) >= 11 is 0. The number of rotatable bonds is 6. The molecule has 1 atom stereocenters. The largest absolute Gasteiger partial charge is 0.370 e. The Morgan fingerprint density at radius 2 is 1.95 bits per heavy atom. The van der Waals surface area contributed by atoms with E-state index < -0.39 is 0 Å². The van der Waals surface area contributed by atoms with Crippen LogP contribution in [0.25, 0.3) is 0 Å². The molecule has 21 heavy (non-hydrogen) atoms. The van der Waals surface area contributed by atoms with Gasteiger partial charge in [-0.25, -0.2) is 0 Å². The maximum Gasteiger partial charge on any atom is 0.240 e. The van der Waals surface area contributed by atoms with E-state index >= 15 is 0 Å². The van der Waals surface area contributed by atoms with Crippen molar-refractivity contribution in [2.75, 3.05) is 7.11 Å². The van der Waals surface area contributed by atoms with Gasteiger partial charge in [0, 0.05) is 13.2 Å². The molecule has 0 aromatic carbocycles. The van der Waals surface area contributed by atoms with Gasteiger partial charge in [0.25, 0.3) is 0 Å². The van der Waals surface area contributed by atoms with Crippen LogP contribution in [0, 0.1) is 5.41 Å². The highest BCUT2D eigenvalue weighted by Crippen LogP contribution is 2.46. The van der Waals surface area contributed by atoms with Gasteiger partial charge in [-0.05, 0) is 44.4 Å². The molecule has 1 fully saturated rings. The van der Waals surface area contributed by atoms with Gasteiger partial charge in [-0.1, -0.05) is 25.9 Å². The van der Waals surface area contributed by atoms with Crippen molar-refractivity contribution in [3.8, 4) is 0 Å². The molecule has 1 heterocycles. The fourth-order valence-corrected chi connectivity index (χ4v) is 2.77. The molecule has 1 N–H and O–H groups in total. The lowest BCUT2D eigenvalue weighted by molar-refractivity contribution is -0.0740. The summed E-state index contributed by atoms with van der Waals surface area (Å²) in [5.74, 6) is 1.35. The topological polar surface area (TPSA) is 60.2 Å². The van der Waals surface area contributed by atoms with Gasteiger partial charge in [0.2, 0.25) is 11.7 Å². The average Bonchev–Trinajstić information content (AvgIpc) is 2.95. The van der Waals surface area contributed by atoms with Gasteiger partial charge in [0.05, 0.1) is 6.54 Å². The highest BCUT2D eigenvalue weighted by molar-refractivity contribution is 5.05. The molecule has 0 saturated heterocycles. The standard InChI is InChI=1S/C16H29N3O2/c1-6-12(2)17-11-13-18-14(19-21-13)16(20-5)9-7-15(3,4)8-10-16/h12,17H,6-11H2,1-5H3. The maximum absolute atomic E-state index is 5.81. The van der Waals surface area contributed by atoms with Gasteiger partial charge >= 0.3 is 0 Å². The Hall–Kier alpha value is -0.940. The van der Waals surface area contributed by atoms with E-state index in [1.807, 2.05) is 0 Å². The van der Waals surface area contributed by atoms with Crippen LogP contribution in [-0.4, -0.2) is 23.3 Å². The van der Waals surface area contributed by atoms with E-state index in [0.717, 1.165) is 32.1 Å². The predicted octanol–water partition coefficient (Wildman–Crippen LogP) is 3.40. The quantitative estimate of drug-likeness (QED) is 0.871. The number of ether oxygens (including phenoxy) is 1. The summed E-state index contributed by atoms with van der Waals surface area (Å²) in [6, 6.07) is 0.451. The fraction of sp³-hybridized carbons (Fsp3) is 0.875. The molecule has 1 unspecified atom stereocenters. The van der Waals surface area contributed by atoms with Gasteiger partial charge < -0.3 is 14.6 Å². The van der Waals surface area contributed by atoms with E-state index in [1.165, 1.54) is 0 Å². The minimum Gasteiger partial charge on any atom is -0.370 e. The first-order valence-electron chi connectivity index (χ1n) is 8.02. The Bertz CT molecular complexity index is 446. The molecule has 1 saturated carbocycles. The van der Waals surface area contributed by atoms with Gasteiger partial charge in [0.15, 0.2) is 0 Å². The second-order valence-corrected chi connectivity index (χ2v) is 7.06. The van der Waals surface area contributed by atoms with Crippen molar-refractivity contribution in [3.63, 3.8) is 0 Å². The minimum absolute atomic E-state index is 0.367. The van der Waals surface area contributed by atoms with Crippen molar-refractivity contribution in [3.05, 3.63) is 11.7 Å². The lowest BCUT2D eigenvalue weighted by Crippen LogP contribution is -2.37. The fourth-order valence-electron chi connectivity index (χ4n) is 2.77. The van der Waals surface area contributed by atoms with Crippen molar-refractivity contribution in [2.45, 2.75) is 78.0 Å². The molecule has 0 aliphatic heterocycles. The van der Waals surface area contributed by atoms with Gasteiger partial charge in [0.1, 0.15) is 5.60 Å². The smallest absolute Gasteiger partial charge is 0.240 e. The summed E-state index contributed by atoms with van der Waals surface area (Å²) < 4.78 is 11.2. The highest BCUT2D eigenvalue weighted by atomic mass is 16.5. The Kier molecular flexibility index (Phi) is 5.04. The molecule has 5 heteroatoms. The maximum atomic E-state index is 5.81. The van der Waals surface area contributed by atoms with Crippen molar-refractivity contribution >= 4 is 0 Å². The summed E-state index contributed by atoms with van der Waals surface area (Å²) in [5, 5.41) is 7.55. The molecule has 0 radical (unpaired) electrons. The molecule has 2 rings (SSSR count). The molecule has 0 bridgehead atoms. The Labute approximate surface area is 127 Å². The number of methoxy groups -OCH3 is 1. The van der Waals surface area contributed by atoms with Crippen molar-refractivity contribution < 1.29 is 9.26 Å². The van der Waals surface area contributed by atoms with Crippen molar-refractivity contribution in [1.29, 1.82) is 0 Å². The summed E-state index contributed by atoms with van der Waals surface area (Å²) in [6.45, 7) is 9.54. The first-order valence-corrected chi connectivity index (χ1v) is 8.02. The van der Waals surface area contributed by atoms with E-state index in [2.05, 4.69) is 43.2 Å². The zero-order valence-electron chi connectivity index (χ0n) is 14.0. The molecule has 1 aliphatic rings. The van der Waals surface area contributed by atoms with Crippen LogP contribution in [0.3, 0.4) is 0 Å². The molecule has 1 aromatic heterocycles. The SMILES string of the molecule is CCC(C)NCc1nc(C2(OC)CCC(C)(C)CC2)no1.